The van der Waals surface area contributed by atoms with Gasteiger partial charge in [-0.3, -0.25) is 9.78 Å². The van der Waals surface area contributed by atoms with Crippen molar-refractivity contribution in [2.75, 3.05) is 5.32 Å². The van der Waals surface area contributed by atoms with Crippen LogP contribution in [0.25, 0.3) is 21.5 Å². The highest BCUT2D eigenvalue weighted by molar-refractivity contribution is 7.16. The molecule has 2 aromatic carbocycles. The Morgan fingerprint density at radius 1 is 0.969 bits per heavy atom. The van der Waals surface area contributed by atoms with Gasteiger partial charge in [-0.15, -0.1) is 21.5 Å². The summed E-state index contributed by atoms with van der Waals surface area (Å²) < 4.78 is 1.11. The lowest BCUT2D eigenvalue weighted by molar-refractivity contribution is 0.0951. The van der Waals surface area contributed by atoms with Crippen molar-refractivity contribution in [3.8, 4) is 11.3 Å². The van der Waals surface area contributed by atoms with Crippen LogP contribution in [0.2, 0.25) is 0 Å². The number of fused-ring (bicyclic) bond motifs is 1. The van der Waals surface area contributed by atoms with Crippen molar-refractivity contribution in [2.45, 2.75) is 6.54 Å². The highest BCUT2D eigenvalue weighted by Crippen LogP contribution is 2.24. The Labute approximate surface area is 188 Å². The molecule has 7 nitrogen and oxygen atoms in total. The Morgan fingerprint density at radius 2 is 1.94 bits per heavy atom. The molecule has 8 heteroatoms. The summed E-state index contributed by atoms with van der Waals surface area (Å²) in [6.45, 7) is 0.421. The van der Waals surface area contributed by atoms with Crippen molar-refractivity contribution in [2.24, 2.45) is 0 Å². The number of thiazole rings is 1. The quantitative estimate of drug-likeness (QED) is 0.395. The number of nitrogens with zero attached hydrogens (tertiary/aromatic N) is 4. The molecule has 32 heavy (non-hydrogen) atoms. The third-order valence-corrected chi connectivity index (χ3v) is 5.66. The monoisotopic (exact) mass is 438 g/mol. The van der Waals surface area contributed by atoms with E-state index in [-0.39, 0.29) is 5.91 Å². The number of pyridine rings is 1. The van der Waals surface area contributed by atoms with E-state index in [0.717, 1.165) is 27.0 Å². The molecule has 5 rings (SSSR count). The summed E-state index contributed by atoms with van der Waals surface area (Å²) in [5.74, 6) is 0.489. The number of nitrogens with one attached hydrogen (secondary N) is 2. The molecule has 0 aliphatic carbocycles. The lowest BCUT2D eigenvalue weighted by atomic mass is 10.1. The second-order valence-corrected chi connectivity index (χ2v) is 7.97. The zero-order valence-corrected chi connectivity index (χ0v) is 17.7. The summed E-state index contributed by atoms with van der Waals surface area (Å²) >= 11 is 1.59. The number of rotatable bonds is 6. The Balaban J connectivity index is 1.27. The van der Waals surface area contributed by atoms with Crippen LogP contribution in [0.1, 0.15) is 15.9 Å². The summed E-state index contributed by atoms with van der Waals surface area (Å²) in [5.41, 5.74) is 6.76. The van der Waals surface area contributed by atoms with Gasteiger partial charge in [0.1, 0.15) is 0 Å². The zero-order chi connectivity index (χ0) is 21.8. The first-order valence-corrected chi connectivity index (χ1v) is 10.8. The first-order valence-electron chi connectivity index (χ1n) is 9.96. The molecule has 0 atom stereocenters. The molecule has 0 saturated heterocycles. The number of hydrogen-bond donors (Lipinski definition) is 2. The largest absolute Gasteiger partial charge is 0.348 e. The van der Waals surface area contributed by atoms with Crippen LogP contribution in [0, 0.1) is 0 Å². The fourth-order valence-electron chi connectivity index (χ4n) is 3.24. The number of carbonyl (C=O) groups is 1. The van der Waals surface area contributed by atoms with Crippen LogP contribution in [0.4, 0.5) is 11.5 Å². The van der Waals surface area contributed by atoms with Crippen molar-refractivity contribution in [1.82, 2.24) is 25.5 Å². The topological polar surface area (TPSA) is 92.7 Å². The van der Waals surface area contributed by atoms with Crippen molar-refractivity contribution in [1.29, 1.82) is 0 Å². The fraction of sp³-hybridized carbons (Fsp3) is 0.0417. The van der Waals surface area contributed by atoms with Gasteiger partial charge in [-0.1, -0.05) is 18.2 Å². The van der Waals surface area contributed by atoms with Gasteiger partial charge in [0.25, 0.3) is 5.91 Å². The molecule has 0 fully saturated rings. The Kier molecular flexibility index (Phi) is 5.50. The Hall–Kier alpha value is -4.17. The SMILES string of the molecule is O=C(NCc1cccnc1)c1cccc(-c2ccc(Nc3ccc4ncsc4c3)nn2)c1. The lowest BCUT2D eigenvalue weighted by Crippen LogP contribution is -2.22. The van der Waals surface area contributed by atoms with E-state index in [9.17, 15) is 4.79 Å². The first kappa shape index (κ1) is 19.8. The summed E-state index contributed by atoms with van der Waals surface area (Å²) in [5, 5.41) is 14.8. The van der Waals surface area contributed by atoms with Crippen LogP contribution in [-0.4, -0.2) is 26.1 Å². The van der Waals surface area contributed by atoms with E-state index in [1.165, 1.54) is 0 Å². The number of amides is 1. The third kappa shape index (κ3) is 4.45. The fourth-order valence-corrected chi connectivity index (χ4v) is 3.96. The molecule has 0 unspecified atom stereocenters. The van der Waals surface area contributed by atoms with E-state index < -0.39 is 0 Å². The number of anilines is 2. The number of carbonyl (C=O) groups excluding carboxylic acids is 1. The second-order valence-electron chi connectivity index (χ2n) is 7.09. The van der Waals surface area contributed by atoms with Crippen LogP contribution in [0.5, 0.6) is 0 Å². The van der Waals surface area contributed by atoms with Gasteiger partial charge < -0.3 is 10.6 Å². The standard InChI is InChI=1S/C24H18N6OS/c31-24(26-14-16-3-2-10-25-13-16)18-5-1-4-17(11-18)20-8-9-23(30-29-20)28-19-6-7-21-22(12-19)32-15-27-21/h1-13,15H,14H2,(H,26,31)(H,28,30). The molecule has 0 aliphatic rings. The highest BCUT2D eigenvalue weighted by atomic mass is 32.1. The minimum atomic E-state index is -0.152. The molecule has 1 amide bonds. The average molecular weight is 439 g/mol. The number of aromatic nitrogens is 4. The van der Waals surface area contributed by atoms with Gasteiger partial charge in [-0.2, -0.15) is 0 Å². The van der Waals surface area contributed by atoms with Gasteiger partial charge in [0, 0.05) is 35.8 Å². The third-order valence-electron chi connectivity index (χ3n) is 4.86. The summed E-state index contributed by atoms with van der Waals surface area (Å²) in [7, 11) is 0. The molecule has 0 aliphatic heterocycles. The van der Waals surface area contributed by atoms with E-state index >= 15 is 0 Å². The smallest absolute Gasteiger partial charge is 0.251 e. The van der Waals surface area contributed by atoms with Gasteiger partial charge in [-0.05, 0) is 54.1 Å². The Bertz CT molecular complexity index is 1370. The molecule has 3 aromatic heterocycles. The van der Waals surface area contributed by atoms with Crippen LogP contribution in [-0.2, 0) is 6.54 Å². The summed E-state index contributed by atoms with van der Waals surface area (Å²) in [4.78, 5) is 20.9. The normalized spacial score (nSPS) is 10.8. The zero-order valence-electron chi connectivity index (χ0n) is 16.9. The predicted octanol–water partition coefficient (Wildman–Crippen LogP) is 4.82. The van der Waals surface area contributed by atoms with E-state index in [1.807, 2.05) is 66.2 Å². The molecule has 0 saturated carbocycles. The minimum absolute atomic E-state index is 0.152. The van der Waals surface area contributed by atoms with Gasteiger partial charge in [0.2, 0.25) is 0 Å². The van der Waals surface area contributed by atoms with Gasteiger partial charge in [-0.25, -0.2) is 4.98 Å². The Morgan fingerprint density at radius 3 is 2.78 bits per heavy atom. The molecular weight excluding hydrogens is 420 g/mol. The molecule has 0 radical (unpaired) electrons. The maximum atomic E-state index is 12.6. The van der Waals surface area contributed by atoms with Gasteiger partial charge in [0.15, 0.2) is 5.82 Å². The van der Waals surface area contributed by atoms with E-state index in [4.69, 9.17) is 0 Å². The van der Waals surface area contributed by atoms with Gasteiger partial charge in [0.05, 0.1) is 21.4 Å². The van der Waals surface area contributed by atoms with Gasteiger partial charge >= 0.3 is 0 Å². The van der Waals surface area contributed by atoms with Crippen molar-refractivity contribution >= 4 is 39.0 Å². The second kappa shape index (κ2) is 8.91. The van der Waals surface area contributed by atoms with Crippen molar-refractivity contribution < 1.29 is 4.79 Å². The van der Waals surface area contributed by atoms with E-state index in [1.54, 1.807) is 29.8 Å². The predicted molar refractivity (Wildman–Crippen MR) is 126 cm³/mol. The van der Waals surface area contributed by atoms with Crippen molar-refractivity contribution in [3.63, 3.8) is 0 Å². The number of benzene rings is 2. The maximum absolute atomic E-state index is 12.6. The van der Waals surface area contributed by atoms with Crippen molar-refractivity contribution in [3.05, 3.63) is 95.8 Å². The molecular formula is C24H18N6OS. The van der Waals surface area contributed by atoms with Crippen LogP contribution < -0.4 is 10.6 Å². The van der Waals surface area contributed by atoms with E-state index in [0.29, 0.717) is 23.6 Å². The molecule has 0 spiro atoms. The molecule has 5 aromatic rings. The summed E-state index contributed by atoms with van der Waals surface area (Å²) in [6, 6.07) is 20.8. The van der Waals surface area contributed by atoms with E-state index in [2.05, 4.69) is 30.8 Å². The molecule has 2 N–H and O–H groups in total. The first-order chi connectivity index (χ1) is 15.7. The van der Waals surface area contributed by atoms with Crippen LogP contribution in [0.3, 0.4) is 0 Å². The molecule has 3 heterocycles. The average Bonchev–Trinajstić information content (AvgIpc) is 3.32. The molecule has 156 valence electrons. The minimum Gasteiger partial charge on any atom is -0.348 e. The maximum Gasteiger partial charge on any atom is 0.251 e. The van der Waals surface area contributed by atoms with Crippen LogP contribution >= 0.6 is 11.3 Å². The number of hydrogen-bond acceptors (Lipinski definition) is 7. The lowest BCUT2D eigenvalue weighted by Gasteiger charge is -2.08. The highest BCUT2D eigenvalue weighted by Gasteiger charge is 2.09. The van der Waals surface area contributed by atoms with Crippen LogP contribution in [0.15, 0.2) is 84.6 Å². The molecule has 0 bridgehead atoms. The summed E-state index contributed by atoms with van der Waals surface area (Å²) in [6.07, 6.45) is 3.44.